The van der Waals surface area contributed by atoms with Crippen molar-refractivity contribution in [2.24, 2.45) is 0 Å². The third-order valence-corrected chi connectivity index (χ3v) is 6.08. The van der Waals surface area contributed by atoms with Crippen molar-refractivity contribution in [2.75, 3.05) is 50.2 Å². The third-order valence-electron chi connectivity index (χ3n) is 5.50. The molecule has 4 rings (SSSR count). The predicted molar refractivity (Wildman–Crippen MR) is 134 cm³/mol. The maximum absolute atomic E-state index is 10.6. The molecule has 1 aliphatic rings. The van der Waals surface area contributed by atoms with E-state index in [4.69, 9.17) is 9.82 Å². The lowest BCUT2D eigenvalue weighted by atomic mass is 10.3. The quantitative estimate of drug-likeness (QED) is 0.416. The molecule has 0 bridgehead atoms. The average Bonchev–Trinajstić information content (AvgIpc) is 2.85. The summed E-state index contributed by atoms with van der Waals surface area (Å²) in [7, 11) is 2.10. The van der Waals surface area contributed by atoms with E-state index >= 15 is 0 Å². The zero-order valence-corrected chi connectivity index (χ0v) is 20.2. The van der Waals surface area contributed by atoms with Crippen LogP contribution in [0.4, 0.5) is 23.1 Å². The van der Waals surface area contributed by atoms with Crippen LogP contribution in [0.1, 0.15) is 6.42 Å². The Bertz CT molecular complexity index is 1000. The Morgan fingerprint density at radius 2 is 1.73 bits per heavy atom. The molecule has 0 saturated carbocycles. The van der Waals surface area contributed by atoms with Crippen molar-refractivity contribution >= 4 is 39.1 Å². The largest absolute Gasteiger partial charge is 0.378 e. The van der Waals surface area contributed by atoms with Gasteiger partial charge in [0.15, 0.2) is 0 Å². The number of halogens is 1. The molecule has 0 amide bonds. The molecule has 1 unspecified atom stereocenters. The minimum absolute atomic E-state index is 0.323. The van der Waals surface area contributed by atoms with Gasteiger partial charge in [-0.25, -0.2) is 4.98 Å². The van der Waals surface area contributed by atoms with Gasteiger partial charge in [0.25, 0.3) is 5.95 Å². The highest BCUT2D eigenvalue weighted by Crippen LogP contribution is 2.28. The van der Waals surface area contributed by atoms with Gasteiger partial charge in [0.2, 0.25) is 0 Å². The first-order chi connectivity index (χ1) is 16.1. The van der Waals surface area contributed by atoms with Gasteiger partial charge >= 0.3 is 0 Å². The van der Waals surface area contributed by atoms with Crippen LogP contribution in [0.5, 0.6) is 0 Å². The maximum atomic E-state index is 10.6. The van der Waals surface area contributed by atoms with E-state index < -0.39 is 6.23 Å². The van der Waals surface area contributed by atoms with Crippen LogP contribution in [-0.2, 0) is 4.84 Å². The van der Waals surface area contributed by atoms with Crippen LogP contribution in [0, 0.1) is 0 Å². The van der Waals surface area contributed by atoms with Crippen LogP contribution < -0.4 is 10.4 Å². The van der Waals surface area contributed by atoms with Crippen molar-refractivity contribution in [3.63, 3.8) is 0 Å². The molecule has 33 heavy (non-hydrogen) atoms. The average molecular weight is 513 g/mol. The number of anilines is 4. The molecule has 0 aliphatic carbocycles. The van der Waals surface area contributed by atoms with E-state index in [1.54, 1.807) is 11.3 Å². The number of hydrogen-bond acceptors (Lipinski definition) is 8. The summed E-state index contributed by atoms with van der Waals surface area (Å²) in [4.78, 5) is 19.6. The number of likely N-dealkylation sites (N-methyl/N-ethyl adjacent to an activating group) is 1. The lowest BCUT2D eigenvalue weighted by Gasteiger charge is -2.35. The zero-order chi connectivity index (χ0) is 23.0. The Labute approximate surface area is 202 Å². The van der Waals surface area contributed by atoms with Crippen molar-refractivity contribution in [3.8, 4) is 0 Å². The van der Waals surface area contributed by atoms with Gasteiger partial charge in [0.1, 0.15) is 12.0 Å². The van der Waals surface area contributed by atoms with E-state index in [0.29, 0.717) is 24.8 Å². The van der Waals surface area contributed by atoms with E-state index in [1.807, 2.05) is 60.7 Å². The number of hydrogen-bond donors (Lipinski definition) is 2. The molecule has 2 N–H and O–H groups in total. The van der Waals surface area contributed by atoms with Gasteiger partial charge in [-0.3, -0.25) is 9.74 Å². The Morgan fingerprint density at radius 3 is 2.42 bits per heavy atom. The SMILES string of the molecule is CN1CCN(C(O)CCON(c2ccccc2)c2ncc(Br)c(Nc3ccccc3)n2)CC1. The lowest BCUT2D eigenvalue weighted by molar-refractivity contribution is -0.0413. The normalized spacial score (nSPS) is 15.8. The number of para-hydroxylation sites is 2. The maximum Gasteiger partial charge on any atom is 0.256 e. The summed E-state index contributed by atoms with van der Waals surface area (Å²) in [5.41, 5.74) is 1.73. The fraction of sp³-hybridized carbons (Fsp3) is 0.333. The molecule has 9 heteroatoms. The van der Waals surface area contributed by atoms with Crippen LogP contribution in [0.3, 0.4) is 0 Å². The molecule has 1 fully saturated rings. The number of benzene rings is 2. The van der Waals surface area contributed by atoms with Crippen LogP contribution in [0.25, 0.3) is 0 Å². The second-order valence-corrected chi connectivity index (χ2v) is 8.78. The Morgan fingerprint density at radius 1 is 1.06 bits per heavy atom. The predicted octanol–water partition coefficient (Wildman–Crippen LogP) is 4.01. The summed E-state index contributed by atoms with van der Waals surface area (Å²) in [5.74, 6) is 1.03. The molecule has 1 aromatic heterocycles. The number of rotatable bonds is 9. The highest BCUT2D eigenvalue weighted by molar-refractivity contribution is 9.10. The minimum Gasteiger partial charge on any atom is -0.378 e. The van der Waals surface area contributed by atoms with Crippen molar-refractivity contribution in [1.29, 1.82) is 0 Å². The number of piperazine rings is 1. The van der Waals surface area contributed by atoms with Gasteiger partial charge in [-0.15, -0.1) is 0 Å². The summed E-state index contributed by atoms with van der Waals surface area (Å²) >= 11 is 3.52. The molecule has 1 aliphatic heterocycles. The number of nitrogens with zero attached hydrogens (tertiary/aromatic N) is 5. The van der Waals surface area contributed by atoms with Crippen LogP contribution in [0.2, 0.25) is 0 Å². The summed E-state index contributed by atoms with van der Waals surface area (Å²) < 4.78 is 0.744. The van der Waals surface area contributed by atoms with Gasteiger partial charge in [-0.05, 0) is 47.2 Å². The second kappa shape index (κ2) is 11.5. The molecule has 0 radical (unpaired) electrons. The van der Waals surface area contributed by atoms with E-state index in [9.17, 15) is 5.11 Å². The molecule has 2 heterocycles. The number of aromatic nitrogens is 2. The van der Waals surface area contributed by atoms with Crippen LogP contribution in [-0.4, -0.2) is 70.9 Å². The fourth-order valence-electron chi connectivity index (χ4n) is 3.56. The summed E-state index contributed by atoms with van der Waals surface area (Å²) in [6, 6.07) is 19.5. The zero-order valence-electron chi connectivity index (χ0n) is 18.6. The van der Waals surface area contributed by atoms with Crippen LogP contribution >= 0.6 is 15.9 Å². The highest BCUT2D eigenvalue weighted by Gasteiger charge is 2.22. The van der Waals surface area contributed by atoms with E-state index in [1.165, 1.54) is 0 Å². The van der Waals surface area contributed by atoms with E-state index in [0.717, 1.165) is 42.0 Å². The Balaban J connectivity index is 1.47. The highest BCUT2D eigenvalue weighted by atomic mass is 79.9. The Kier molecular flexibility index (Phi) is 8.25. The van der Waals surface area contributed by atoms with Gasteiger partial charge in [0.05, 0.1) is 16.8 Å². The second-order valence-electron chi connectivity index (χ2n) is 7.93. The molecular weight excluding hydrogens is 484 g/mol. The molecule has 1 atom stereocenters. The number of aliphatic hydroxyl groups is 1. The van der Waals surface area contributed by atoms with E-state index in [-0.39, 0.29) is 0 Å². The topological polar surface area (TPSA) is 77.0 Å². The van der Waals surface area contributed by atoms with Crippen molar-refractivity contribution in [3.05, 3.63) is 71.3 Å². The molecule has 3 aromatic rings. The monoisotopic (exact) mass is 512 g/mol. The fourth-order valence-corrected chi connectivity index (χ4v) is 3.85. The first-order valence-corrected chi connectivity index (χ1v) is 11.8. The molecular formula is C24H29BrN6O2. The molecule has 0 spiro atoms. The summed E-state index contributed by atoms with van der Waals surface area (Å²) in [6.45, 7) is 3.94. The summed E-state index contributed by atoms with van der Waals surface area (Å²) in [6.07, 6.45) is 1.64. The van der Waals surface area contributed by atoms with Gasteiger partial charge in [-0.2, -0.15) is 10.0 Å². The summed E-state index contributed by atoms with van der Waals surface area (Å²) in [5, 5.41) is 15.5. The van der Waals surface area contributed by atoms with Gasteiger partial charge < -0.3 is 15.3 Å². The minimum atomic E-state index is -0.544. The van der Waals surface area contributed by atoms with Crippen LogP contribution in [0.15, 0.2) is 71.3 Å². The lowest BCUT2D eigenvalue weighted by Crippen LogP contribution is -2.49. The molecule has 2 aromatic carbocycles. The van der Waals surface area contributed by atoms with Crippen molar-refractivity contribution in [2.45, 2.75) is 12.6 Å². The molecule has 1 saturated heterocycles. The number of aliphatic hydroxyl groups excluding tert-OH is 1. The molecule has 8 nitrogen and oxygen atoms in total. The van der Waals surface area contributed by atoms with Crippen molar-refractivity contribution < 1.29 is 9.94 Å². The van der Waals surface area contributed by atoms with Gasteiger partial charge in [0, 0.05) is 44.5 Å². The first-order valence-electron chi connectivity index (χ1n) is 11.0. The van der Waals surface area contributed by atoms with Gasteiger partial charge in [-0.1, -0.05) is 36.4 Å². The molecule has 174 valence electrons. The smallest absolute Gasteiger partial charge is 0.256 e. The van der Waals surface area contributed by atoms with Crippen molar-refractivity contribution in [1.82, 2.24) is 19.8 Å². The van der Waals surface area contributed by atoms with E-state index in [2.05, 4.69) is 43.1 Å². The third kappa shape index (κ3) is 6.49. The standard InChI is InChI=1S/C24H29BrN6O2/c1-29-13-15-30(16-14-29)22(32)12-17-33-31(20-10-6-3-7-11-20)24-26-18-21(25)23(28-24)27-19-8-4-2-5-9-19/h2-11,18,22,32H,12-17H2,1H3,(H,26,27,28). The number of nitrogens with one attached hydrogen (secondary N) is 1. The first kappa shape index (κ1) is 23.6. The Hall–Kier alpha value is -2.56.